The second-order valence-corrected chi connectivity index (χ2v) is 12.4. The number of nitrogens with zero attached hydrogens (tertiary/aromatic N) is 2. The molecular weight excluding hydrogens is 630 g/mol. The second kappa shape index (κ2) is 25.1. The van der Waals surface area contributed by atoms with E-state index in [1.165, 1.54) is 23.1 Å². The second-order valence-electron chi connectivity index (χ2n) is 11.6. The molecule has 0 aliphatic carbocycles. The summed E-state index contributed by atoms with van der Waals surface area (Å²) in [6, 6.07) is 13.0. The van der Waals surface area contributed by atoms with Gasteiger partial charge in [-0.15, -0.1) is 0 Å². The number of aryl methyl sites for hydroxylation is 1. The van der Waals surface area contributed by atoms with Gasteiger partial charge in [-0.05, 0) is 91.5 Å². The normalized spacial score (nSPS) is 12.5. The van der Waals surface area contributed by atoms with E-state index in [1.807, 2.05) is 24.8 Å². The van der Waals surface area contributed by atoms with E-state index in [4.69, 9.17) is 10.2 Å². The molecule has 0 fully saturated rings. The summed E-state index contributed by atoms with van der Waals surface area (Å²) >= 11 is 3.27. The molecule has 0 saturated heterocycles. The van der Waals surface area contributed by atoms with Crippen molar-refractivity contribution >= 4 is 27.9 Å². The number of halogens is 1. The molecule has 3 rings (SSSR count). The fourth-order valence-corrected chi connectivity index (χ4v) is 5.34. The number of unbranched alkanes of at least 4 members (excludes halogenated alkanes) is 4. The zero-order valence-corrected chi connectivity index (χ0v) is 29.4. The Bertz CT molecular complexity index is 1170. The van der Waals surface area contributed by atoms with Crippen LogP contribution in [0.15, 0.2) is 73.6 Å². The van der Waals surface area contributed by atoms with Crippen molar-refractivity contribution in [1.29, 1.82) is 0 Å². The quantitative estimate of drug-likeness (QED) is 0.0788. The van der Waals surface area contributed by atoms with Gasteiger partial charge in [0.15, 0.2) is 24.8 Å². The minimum absolute atomic E-state index is 0. The molecule has 3 unspecified atom stereocenters. The van der Waals surface area contributed by atoms with Gasteiger partial charge in [0.25, 0.3) is 0 Å². The molecule has 250 valence electrons. The number of pyridine rings is 3. The van der Waals surface area contributed by atoms with Crippen LogP contribution in [-0.4, -0.2) is 32.5 Å². The predicted octanol–water partition coefficient (Wildman–Crippen LogP) is 8.99. The van der Waals surface area contributed by atoms with Crippen molar-refractivity contribution in [3.63, 3.8) is 0 Å². The van der Waals surface area contributed by atoms with Crippen LogP contribution in [0, 0.1) is 0 Å². The summed E-state index contributed by atoms with van der Waals surface area (Å²) in [7, 11) is 0. The van der Waals surface area contributed by atoms with Crippen molar-refractivity contribution in [2.45, 2.75) is 123 Å². The number of alkyl halides is 1. The molecular formula is C37H58BrN3O4+2. The average Bonchev–Trinajstić information content (AvgIpc) is 3.06. The molecule has 0 aliphatic rings. The fourth-order valence-electron chi connectivity index (χ4n) is 4.94. The van der Waals surface area contributed by atoms with Crippen LogP contribution < -0.4 is 9.55 Å². The maximum atomic E-state index is 10.5. The molecule has 3 heterocycles. The molecule has 45 heavy (non-hydrogen) atoms. The number of carbonyl (C=O) groups is 2. The summed E-state index contributed by atoms with van der Waals surface area (Å²) in [5.41, 5.74) is 4.18. The van der Waals surface area contributed by atoms with Crippen molar-refractivity contribution in [2.75, 3.05) is 5.33 Å². The summed E-state index contributed by atoms with van der Waals surface area (Å²) in [5.74, 6) is 0.387. The highest BCUT2D eigenvalue weighted by atomic mass is 79.9. The Morgan fingerprint density at radius 1 is 0.778 bits per heavy atom. The van der Waals surface area contributed by atoms with E-state index in [1.54, 1.807) is 0 Å². The first kappa shape index (κ1) is 39.9. The Morgan fingerprint density at radius 2 is 1.33 bits per heavy atom. The minimum Gasteiger partial charge on any atom is -0.481 e. The maximum Gasteiger partial charge on any atom is 0.303 e. The van der Waals surface area contributed by atoms with Gasteiger partial charge in [0.1, 0.15) is 6.54 Å². The fraction of sp³-hybridized carbons (Fsp3) is 0.541. The van der Waals surface area contributed by atoms with Crippen LogP contribution in [0.1, 0.15) is 134 Å². The minimum atomic E-state index is -0.699. The third kappa shape index (κ3) is 19.1. The van der Waals surface area contributed by atoms with Crippen molar-refractivity contribution < 1.29 is 30.8 Å². The number of carboxylic acid groups (broad SMARTS) is 2. The third-order valence-corrected chi connectivity index (χ3v) is 8.61. The maximum absolute atomic E-state index is 10.5. The largest absolute Gasteiger partial charge is 0.481 e. The molecule has 7 nitrogen and oxygen atoms in total. The van der Waals surface area contributed by atoms with Gasteiger partial charge >= 0.3 is 11.9 Å². The highest BCUT2D eigenvalue weighted by Gasteiger charge is 2.16. The molecule has 3 atom stereocenters. The van der Waals surface area contributed by atoms with E-state index < -0.39 is 11.9 Å². The summed E-state index contributed by atoms with van der Waals surface area (Å²) in [6.45, 7) is 9.95. The first-order valence-electron chi connectivity index (χ1n) is 16.6. The molecule has 0 saturated carbocycles. The van der Waals surface area contributed by atoms with Crippen LogP contribution in [0.5, 0.6) is 0 Å². The molecule has 0 amide bonds. The first-order chi connectivity index (χ1) is 21.7. The van der Waals surface area contributed by atoms with Crippen LogP contribution in [0.2, 0.25) is 0 Å². The highest BCUT2D eigenvalue weighted by molar-refractivity contribution is 9.09. The van der Waals surface area contributed by atoms with Gasteiger partial charge in [0, 0.05) is 62.7 Å². The van der Waals surface area contributed by atoms with Gasteiger partial charge in [-0.25, -0.2) is 9.55 Å². The number of hydrogen-bond donors (Lipinski definition) is 2. The van der Waals surface area contributed by atoms with Gasteiger partial charge in [-0.2, -0.15) is 0 Å². The topological polar surface area (TPSA) is 106 Å². The Labute approximate surface area is 281 Å². The van der Waals surface area contributed by atoms with E-state index >= 15 is 0 Å². The van der Waals surface area contributed by atoms with Crippen molar-refractivity contribution in [1.82, 2.24) is 4.98 Å². The van der Waals surface area contributed by atoms with Gasteiger partial charge in [-0.1, -0.05) is 50.0 Å². The Hall–Kier alpha value is -3.13. The number of nitrogens with one attached hydrogen (secondary N) is 1. The van der Waals surface area contributed by atoms with E-state index in [9.17, 15) is 9.59 Å². The zero-order valence-electron chi connectivity index (χ0n) is 27.8. The number of carboxylic acids is 2. The highest BCUT2D eigenvalue weighted by Crippen LogP contribution is 2.31. The van der Waals surface area contributed by atoms with E-state index in [2.05, 4.69) is 107 Å². The molecule has 0 bridgehead atoms. The Balaban J connectivity index is 0.000000830. The summed E-state index contributed by atoms with van der Waals surface area (Å²) in [5, 5.41) is 17.8. The van der Waals surface area contributed by atoms with Gasteiger partial charge in [-0.3, -0.25) is 14.6 Å². The van der Waals surface area contributed by atoms with Gasteiger partial charge in [0.2, 0.25) is 0 Å². The SMILES string of the molecule is CCC(C)c1ccncc1.CCC(CC(C)c1cc[n+](CCCCCC(=O)O)cc1)c1cc[nH+]cc1.O=C(O)CCCCCBr.[2HH]. The molecule has 0 aliphatic heterocycles. The third-order valence-electron chi connectivity index (χ3n) is 8.05. The lowest BCUT2D eigenvalue weighted by Crippen LogP contribution is -2.32. The van der Waals surface area contributed by atoms with Crippen LogP contribution in [0.25, 0.3) is 0 Å². The standard InChI is InChI=1S/C22H30N2O2.C9H13N.C6H11BrO2.H2/c1-3-19(21-8-12-23-13-9-21)17-18(2)20-10-15-24(16-11-20)14-6-4-5-7-22(25)26;1-3-8(2)9-4-6-10-7-5-9;7-5-3-1-2-4-6(8)9;/h8-13,15-16,18-19H,3-7,14,17H2,1-2H3;4-8H,3H2,1-2H3;1-5H2,(H,8,9);1H/p+2/i;;;1+1. The lowest BCUT2D eigenvalue weighted by Gasteiger charge is -2.19. The van der Waals surface area contributed by atoms with Gasteiger partial charge in [0.05, 0.1) is 0 Å². The number of rotatable bonds is 18. The lowest BCUT2D eigenvalue weighted by molar-refractivity contribution is -0.697. The molecule has 0 radical (unpaired) electrons. The van der Waals surface area contributed by atoms with Gasteiger partial charge < -0.3 is 10.2 Å². The number of H-pyrrole nitrogens is 1. The Kier molecular flexibility index (Phi) is 22.3. The molecule has 8 heteroatoms. The summed E-state index contributed by atoms with van der Waals surface area (Å²) in [6.07, 6.45) is 21.8. The smallest absolute Gasteiger partial charge is 0.303 e. The van der Waals surface area contributed by atoms with Crippen LogP contribution in [0.3, 0.4) is 0 Å². The van der Waals surface area contributed by atoms with Crippen LogP contribution in [0.4, 0.5) is 0 Å². The average molecular weight is 690 g/mol. The molecule has 3 N–H and O–H groups in total. The molecule has 0 spiro atoms. The van der Waals surface area contributed by atoms with E-state index in [0.29, 0.717) is 24.2 Å². The first-order valence-corrected chi connectivity index (χ1v) is 17.7. The number of aromatic amines is 1. The van der Waals surface area contributed by atoms with Crippen LogP contribution in [-0.2, 0) is 16.1 Å². The number of aromatic nitrogens is 3. The zero-order chi connectivity index (χ0) is 33.3. The molecule has 3 aromatic rings. The molecule has 3 aromatic heterocycles. The van der Waals surface area contributed by atoms with E-state index in [0.717, 1.165) is 63.2 Å². The summed E-state index contributed by atoms with van der Waals surface area (Å²) in [4.78, 5) is 27.5. The van der Waals surface area contributed by atoms with E-state index in [-0.39, 0.29) is 7.85 Å². The number of aliphatic carboxylic acids is 2. The predicted molar refractivity (Wildman–Crippen MR) is 187 cm³/mol. The molecule has 0 aromatic carbocycles. The van der Waals surface area contributed by atoms with Crippen molar-refractivity contribution in [3.05, 3.63) is 90.3 Å². The summed E-state index contributed by atoms with van der Waals surface area (Å²) < 4.78 is 2.20. The lowest BCUT2D eigenvalue weighted by atomic mass is 9.85. The van der Waals surface area contributed by atoms with Crippen molar-refractivity contribution in [3.8, 4) is 0 Å². The van der Waals surface area contributed by atoms with Crippen molar-refractivity contribution in [2.24, 2.45) is 0 Å². The number of hydrogen-bond acceptors (Lipinski definition) is 3. The monoisotopic (exact) mass is 688 g/mol. The van der Waals surface area contributed by atoms with Crippen LogP contribution >= 0.6 is 15.9 Å². The Morgan fingerprint density at radius 3 is 1.84 bits per heavy atom.